The van der Waals surface area contributed by atoms with E-state index in [4.69, 9.17) is 4.74 Å². The molecule has 0 aliphatic heterocycles. The molecule has 2 unspecified atom stereocenters. The topological polar surface area (TPSA) is 21.3 Å². The highest BCUT2D eigenvalue weighted by molar-refractivity contribution is 5.27. The molecule has 20 heavy (non-hydrogen) atoms. The van der Waals surface area contributed by atoms with Crippen LogP contribution in [-0.2, 0) is 6.42 Å². The number of unbranched alkanes of at least 4 members (excludes halogenated alkanes) is 1. The normalized spacial score (nSPS) is 14.0. The van der Waals surface area contributed by atoms with E-state index in [1.807, 2.05) is 0 Å². The molecule has 0 saturated heterocycles. The van der Waals surface area contributed by atoms with Crippen molar-refractivity contribution in [2.75, 3.05) is 14.2 Å². The van der Waals surface area contributed by atoms with Crippen LogP contribution in [0.2, 0.25) is 0 Å². The second kappa shape index (κ2) is 9.82. The molecule has 114 valence electrons. The standard InChI is InChI=1S/C18H31NO/c1-5-7-8-15(6-2)13-17(19-3)14-16-9-11-18(20-4)12-10-16/h9-12,15,17,19H,5-8,13-14H2,1-4H3. The third kappa shape index (κ3) is 5.96. The van der Waals surface area contributed by atoms with Crippen molar-refractivity contribution >= 4 is 0 Å². The Morgan fingerprint density at radius 1 is 1.15 bits per heavy atom. The minimum atomic E-state index is 0.574. The first-order chi connectivity index (χ1) is 9.73. The average Bonchev–Trinajstić information content (AvgIpc) is 2.50. The molecule has 0 aromatic heterocycles. The van der Waals surface area contributed by atoms with Crippen LogP contribution < -0.4 is 10.1 Å². The summed E-state index contributed by atoms with van der Waals surface area (Å²) >= 11 is 0. The molecule has 0 spiro atoms. The Bertz CT molecular complexity index is 347. The van der Waals surface area contributed by atoms with Crippen LogP contribution in [0.5, 0.6) is 5.75 Å². The van der Waals surface area contributed by atoms with Crippen molar-refractivity contribution in [2.24, 2.45) is 5.92 Å². The molecule has 2 nitrogen and oxygen atoms in total. The zero-order chi connectivity index (χ0) is 14.8. The Morgan fingerprint density at radius 3 is 2.35 bits per heavy atom. The molecule has 1 aromatic rings. The molecule has 0 fully saturated rings. The van der Waals surface area contributed by atoms with Gasteiger partial charge in [-0.2, -0.15) is 0 Å². The molecule has 0 aliphatic rings. The molecular weight excluding hydrogens is 246 g/mol. The second-order valence-electron chi connectivity index (χ2n) is 5.69. The van der Waals surface area contributed by atoms with Gasteiger partial charge in [0.15, 0.2) is 0 Å². The molecule has 1 rings (SSSR count). The first kappa shape index (κ1) is 17.0. The predicted octanol–water partition coefficient (Wildman–Crippen LogP) is 4.43. The van der Waals surface area contributed by atoms with Crippen LogP contribution in [0.1, 0.15) is 51.5 Å². The van der Waals surface area contributed by atoms with Gasteiger partial charge in [-0.1, -0.05) is 51.7 Å². The number of nitrogens with one attached hydrogen (secondary N) is 1. The number of benzene rings is 1. The van der Waals surface area contributed by atoms with Gasteiger partial charge in [-0.05, 0) is 43.5 Å². The fourth-order valence-corrected chi connectivity index (χ4v) is 2.73. The minimum Gasteiger partial charge on any atom is -0.497 e. The lowest BCUT2D eigenvalue weighted by molar-refractivity contribution is 0.358. The van der Waals surface area contributed by atoms with E-state index < -0.39 is 0 Å². The van der Waals surface area contributed by atoms with Crippen LogP contribution in [0, 0.1) is 5.92 Å². The SMILES string of the molecule is CCCCC(CC)CC(Cc1ccc(OC)cc1)NC. The molecule has 0 amide bonds. The molecule has 2 atom stereocenters. The Balaban J connectivity index is 2.51. The third-order valence-corrected chi connectivity index (χ3v) is 4.21. The lowest BCUT2D eigenvalue weighted by Gasteiger charge is -2.22. The summed E-state index contributed by atoms with van der Waals surface area (Å²) < 4.78 is 5.21. The van der Waals surface area contributed by atoms with Crippen molar-refractivity contribution in [3.8, 4) is 5.75 Å². The van der Waals surface area contributed by atoms with Crippen LogP contribution in [0.4, 0.5) is 0 Å². The summed E-state index contributed by atoms with van der Waals surface area (Å²) in [6.45, 7) is 4.60. The van der Waals surface area contributed by atoms with Gasteiger partial charge in [-0.25, -0.2) is 0 Å². The smallest absolute Gasteiger partial charge is 0.118 e. The Labute approximate surface area is 124 Å². The van der Waals surface area contributed by atoms with Crippen molar-refractivity contribution in [2.45, 2.75) is 58.4 Å². The van der Waals surface area contributed by atoms with E-state index in [1.54, 1.807) is 7.11 Å². The first-order valence-electron chi connectivity index (χ1n) is 8.03. The van der Waals surface area contributed by atoms with Gasteiger partial charge >= 0.3 is 0 Å². The maximum atomic E-state index is 5.21. The molecule has 2 heteroatoms. The number of hydrogen-bond donors (Lipinski definition) is 1. The summed E-state index contributed by atoms with van der Waals surface area (Å²) in [5.41, 5.74) is 1.38. The quantitative estimate of drug-likeness (QED) is 0.683. The predicted molar refractivity (Wildman–Crippen MR) is 87.5 cm³/mol. The Kier molecular flexibility index (Phi) is 8.36. The summed E-state index contributed by atoms with van der Waals surface area (Å²) in [5.74, 6) is 1.79. The zero-order valence-electron chi connectivity index (χ0n) is 13.6. The van der Waals surface area contributed by atoms with Gasteiger partial charge in [0, 0.05) is 6.04 Å². The number of likely N-dealkylation sites (N-methyl/N-ethyl adjacent to an activating group) is 1. The maximum Gasteiger partial charge on any atom is 0.118 e. The molecule has 0 heterocycles. The minimum absolute atomic E-state index is 0.574. The Hall–Kier alpha value is -1.02. The Morgan fingerprint density at radius 2 is 1.85 bits per heavy atom. The highest BCUT2D eigenvalue weighted by Gasteiger charge is 2.14. The fraction of sp³-hybridized carbons (Fsp3) is 0.667. The molecule has 0 aliphatic carbocycles. The summed E-state index contributed by atoms with van der Waals surface area (Å²) in [4.78, 5) is 0. The summed E-state index contributed by atoms with van der Waals surface area (Å²) in [6.07, 6.45) is 7.70. The van der Waals surface area contributed by atoms with E-state index in [-0.39, 0.29) is 0 Å². The lowest BCUT2D eigenvalue weighted by Crippen LogP contribution is -2.30. The largest absolute Gasteiger partial charge is 0.497 e. The van der Waals surface area contributed by atoms with Gasteiger partial charge in [0.05, 0.1) is 7.11 Å². The fourth-order valence-electron chi connectivity index (χ4n) is 2.73. The molecule has 1 aromatic carbocycles. The van der Waals surface area contributed by atoms with Gasteiger partial charge in [0.1, 0.15) is 5.75 Å². The monoisotopic (exact) mass is 277 g/mol. The number of rotatable bonds is 10. The van der Waals surface area contributed by atoms with Gasteiger partial charge in [0.25, 0.3) is 0 Å². The van der Waals surface area contributed by atoms with E-state index in [0.29, 0.717) is 6.04 Å². The van der Waals surface area contributed by atoms with Crippen LogP contribution in [0.15, 0.2) is 24.3 Å². The maximum absolute atomic E-state index is 5.21. The molecule has 1 N–H and O–H groups in total. The number of methoxy groups -OCH3 is 1. The van der Waals surface area contributed by atoms with Crippen LogP contribution in [0.25, 0.3) is 0 Å². The van der Waals surface area contributed by atoms with Crippen molar-refractivity contribution in [1.29, 1.82) is 0 Å². The molecule has 0 bridgehead atoms. The van der Waals surface area contributed by atoms with E-state index in [1.165, 1.54) is 37.7 Å². The van der Waals surface area contributed by atoms with Gasteiger partial charge < -0.3 is 10.1 Å². The summed E-state index contributed by atoms with van der Waals surface area (Å²) in [6, 6.07) is 9.03. The van der Waals surface area contributed by atoms with E-state index in [0.717, 1.165) is 18.1 Å². The van der Waals surface area contributed by atoms with Crippen molar-refractivity contribution < 1.29 is 4.74 Å². The molecular formula is C18H31NO. The third-order valence-electron chi connectivity index (χ3n) is 4.21. The highest BCUT2D eigenvalue weighted by atomic mass is 16.5. The lowest BCUT2D eigenvalue weighted by atomic mass is 9.89. The van der Waals surface area contributed by atoms with Crippen LogP contribution in [0.3, 0.4) is 0 Å². The zero-order valence-corrected chi connectivity index (χ0v) is 13.6. The van der Waals surface area contributed by atoms with Crippen LogP contribution in [-0.4, -0.2) is 20.2 Å². The van der Waals surface area contributed by atoms with Gasteiger partial charge in [-0.15, -0.1) is 0 Å². The van der Waals surface area contributed by atoms with Crippen molar-refractivity contribution in [3.63, 3.8) is 0 Å². The average molecular weight is 277 g/mol. The number of ether oxygens (including phenoxy) is 1. The summed E-state index contributed by atoms with van der Waals surface area (Å²) in [7, 11) is 3.80. The van der Waals surface area contributed by atoms with Crippen molar-refractivity contribution in [1.82, 2.24) is 5.32 Å². The molecule has 0 saturated carbocycles. The second-order valence-corrected chi connectivity index (χ2v) is 5.69. The highest BCUT2D eigenvalue weighted by Crippen LogP contribution is 2.21. The van der Waals surface area contributed by atoms with Gasteiger partial charge in [0.2, 0.25) is 0 Å². The van der Waals surface area contributed by atoms with Gasteiger partial charge in [-0.3, -0.25) is 0 Å². The first-order valence-corrected chi connectivity index (χ1v) is 8.03. The van der Waals surface area contributed by atoms with E-state index >= 15 is 0 Å². The van der Waals surface area contributed by atoms with Crippen molar-refractivity contribution in [3.05, 3.63) is 29.8 Å². The van der Waals surface area contributed by atoms with Crippen LogP contribution >= 0.6 is 0 Å². The molecule has 0 radical (unpaired) electrons. The number of hydrogen-bond acceptors (Lipinski definition) is 2. The van der Waals surface area contributed by atoms with E-state index in [2.05, 4.69) is 50.5 Å². The summed E-state index contributed by atoms with van der Waals surface area (Å²) in [5, 5.41) is 3.49. The van der Waals surface area contributed by atoms with E-state index in [9.17, 15) is 0 Å².